The fourth-order valence-corrected chi connectivity index (χ4v) is 3.19. The van der Waals surface area contributed by atoms with E-state index in [0.29, 0.717) is 0 Å². The highest BCUT2D eigenvalue weighted by atomic mass is 32.1. The highest BCUT2D eigenvalue weighted by Crippen LogP contribution is 2.27. The SMILES string of the molecule is O=[N+]([O-])c1ccc2nc(/C=C/c3ccsc3)sc2c1. The van der Waals surface area contributed by atoms with Gasteiger partial charge >= 0.3 is 0 Å². The Hall–Kier alpha value is -2.05. The van der Waals surface area contributed by atoms with Gasteiger partial charge in [-0.3, -0.25) is 10.1 Å². The highest BCUT2D eigenvalue weighted by molar-refractivity contribution is 7.19. The molecule has 0 amide bonds. The molecule has 94 valence electrons. The second-order valence-corrected chi connectivity index (χ2v) is 5.69. The molecule has 0 radical (unpaired) electrons. The number of thiophene rings is 1. The Morgan fingerprint density at radius 2 is 2.16 bits per heavy atom. The number of nitro benzene ring substituents is 1. The standard InChI is InChI=1S/C13H8N2O2S2/c16-15(17)10-2-3-11-12(7-10)19-13(14-11)4-1-9-5-6-18-8-9/h1-8H/b4-1+. The average Bonchev–Trinajstić information content (AvgIpc) is 3.04. The van der Waals surface area contributed by atoms with Gasteiger partial charge < -0.3 is 0 Å². The topological polar surface area (TPSA) is 56.0 Å². The average molecular weight is 288 g/mol. The molecule has 0 unspecified atom stereocenters. The molecule has 0 N–H and O–H groups in total. The minimum atomic E-state index is -0.389. The fourth-order valence-electron chi connectivity index (χ4n) is 1.65. The summed E-state index contributed by atoms with van der Waals surface area (Å²) >= 11 is 3.09. The van der Waals surface area contributed by atoms with Gasteiger partial charge in [0.2, 0.25) is 0 Å². The number of nitro groups is 1. The Labute approximate surface area is 116 Å². The van der Waals surface area contributed by atoms with Crippen LogP contribution in [0.15, 0.2) is 35.0 Å². The number of aromatic nitrogens is 1. The molecule has 19 heavy (non-hydrogen) atoms. The van der Waals surface area contributed by atoms with Crippen molar-refractivity contribution in [2.45, 2.75) is 0 Å². The predicted octanol–water partition coefficient (Wildman–Crippen LogP) is 4.44. The molecule has 0 aliphatic heterocycles. The van der Waals surface area contributed by atoms with Crippen molar-refractivity contribution in [2.24, 2.45) is 0 Å². The van der Waals surface area contributed by atoms with E-state index in [0.717, 1.165) is 20.8 Å². The molecule has 3 rings (SSSR count). The van der Waals surface area contributed by atoms with Crippen LogP contribution in [0.4, 0.5) is 5.69 Å². The van der Waals surface area contributed by atoms with Crippen LogP contribution >= 0.6 is 22.7 Å². The van der Waals surface area contributed by atoms with Crippen molar-refractivity contribution in [1.82, 2.24) is 4.98 Å². The maximum Gasteiger partial charge on any atom is 0.270 e. The third-order valence-corrected chi connectivity index (χ3v) is 4.25. The number of hydrogen-bond acceptors (Lipinski definition) is 5. The smallest absolute Gasteiger partial charge is 0.258 e. The van der Waals surface area contributed by atoms with Crippen molar-refractivity contribution < 1.29 is 4.92 Å². The minimum Gasteiger partial charge on any atom is -0.258 e. The van der Waals surface area contributed by atoms with Gasteiger partial charge in [0.1, 0.15) is 5.01 Å². The zero-order valence-electron chi connectivity index (χ0n) is 9.65. The van der Waals surface area contributed by atoms with Crippen LogP contribution in [0, 0.1) is 10.1 Å². The van der Waals surface area contributed by atoms with E-state index in [1.807, 2.05) is 23.6 Å². The third kappa shape index (κ3) is 2.54. The number of rotatable bonds is 3. The lowest BCUT2D eigenvalue weighted by Crippen LogP contribution is -1.85. The van der Waals surface area contributed by atoms with Crippen molar-refractivity contribution >= 4 is 50.7 Å². The molecule has 0 aliphatic carbocycles. The Bertz CT molecular complexity index is 760. The lowest BCUT2D eigenvalue weighted by atomic mass is 10.3. The van der Waals surface area contributed by atoms with E-state index in [1.165, 1.54) is 17.4 Å². The summed E-state index contributed by atoms with van der Waals surface area (Å²) in [4.78, 5) is 14.7. The van der Waals surface area contributed by atoms with Gasteiger partial charge in [-0.15, -0.1) is 11.3 Å². The van der Waals surface area contributed by atoms with Gasteiger partial charge in [-0.2, -0.15) is 11.3 Å². The van der Waals surface area contributed by atoms with Crippen LogP contribution in [0.2, 0.25) is 0 Å². The van der Waals surface area contributed by atoms with Gasteiger partial charge in [-0.05, 0) is 34.5 Å². The Morgan fingerprint density at radius 1 is 1.26 bits per heavy atom. The van der Waals surface area contributed by atoms with Crippen LogP contribution in [0.25, 0.3) is 22.4 Å². The van der Waals surface area contributed by atoms with Gasteiger partial charge in [0.05, 0.1) is 15.1 Å². The van der Waals surface area contributed by atoms with Crippen molar-refractivity contribution in [2.75, 3.05) is 0 Å². The molecule has 6 heteroatoms. The quantitative estimate of drug-likeness (QED) is 0.529. The lowest BCUT2D eigenvalue weighted by Gasteiger charge is -1.88. The van der Waals surface area contributed by atoms with Crippen LogP contribution in [0.5, 0.6) is 0 Å². The molecule has 0 saturated heterocycles. The molecule has 0 aliphatic rings. The summed E-state index contributed by atoms with van der Waals surface area (Å²) in [5, 5.41) is 15.6. The Kier molecular flexibility index (Phi) is 3.10. The predicted molar refractivity (Wildman–Crippen MR) is 79.5 cm³/mol. The Balaban J connectivity index is 1.95. The first-order valence-corrected chi connectivity index (χ1v) is 7.23. The number of non-ortho nitro benzene ring substituents is 1. The van der Waals surface area contributed by atoms with Crippen molar-refractivity contribution in [1.29, 1.82) is 0 Å². The molecule has 0 atom stereocenters. The van der Waals surface area contributed by atoms with Gasteiger partial charge in [0.15, 0.2) is 0 Å². The van der Waals surface area contributed by atoms with Crippen LogP contribution < -0.4 is 0 Å². The van der Waals surface area contributed by atoms with Gasteiger partial charge in [-0.25, -0.2) is 4.98 Å². The van der Waals surface area contributed by atoms with E-state index in [9.17, 15) is 10.1 Å². The molecule has 3 aromatic rings. The first-order chi connectivity index (χ1) is 9.22. The summed E-state index contributed by atoms with van der Waals surface area (Å²) in [7, 11) is 0. The molecule has 0 bridgehead atoms. The summed E-state index contributed by atoms with van der Waals surface area (Å²) in [6.07, 6.45) is 3.92. The minimum absolute atomic E-state index is 0.101. The number of nitrogens with zero attached hydrogens (tertiary/aromatic N) is 2. The summed E-state index contributed by atoms with van der Waals surface area (Å²) in [6, 6.07) is 6.76. The molecular formula is C13H8N2O2S2. The lowest BCUT2D eigenvalue weighted by molar-refractivity contribution is -0.384. The highest BCUT2D eigenvalue weighted by Gasteiger charge is 2.08. The van der Waals surface area contributed by atoms with Crippen molar-refractivity contribution in [3.63, 3.8) is 0 Å². The molecule has 2 aromatic heterocycles. The zero-order chi connectivity index (χ0) is 13.2. The maximum atomic E-state index is 10.7. The summed E-state index contributed by atoms with van der Waals surface area (Å²) < 4.78 is 0.833. The van der Waals surface area contributed by atoms with E-state index in [2.05, 4.69) is 10.4 Å². The molecule has 0 fully saturated rings. The molecular weight excluding hydrogens is 280 g/mol. The normalized spacial score (nSPS) is 11.4. The Morgan fingerprint density at radius 3 is 2.89 bits per heavy atom. The first kappa shape index (κ1) is 12.0. The summed E-state index contributed by atoms with van der Waals surface area (Å²) in [5.74, 6) is 0. The van der Waals surface area contributed by atoms with Crippen LogP contribution in [-0.4, -0.2) is 9.91 Å². The maximum absolute atomic E-state index is 10.7. The molecule has 4 nitrogen and oxygen atoms in total. The molecule has 0 saturated carbocycles. The van der Waals surface area contributed by atoms with E-state index < -0.39 is 0 Å². The van der Waals surface area contributed by atoms with Crippen LogP contribution in [-0.2, 0) is 0 Å². The number of fused-ring (bicyclic) bond motifs is 1. The summed E-state index contributed by atoms with van der Waals surface area (Å²) in [6.45, 7) is 0. The van der Waals surface area contributed by atoms with E-state index >= 15 is 0 Å². The van der Waals surface area contributed by atoms with Crippen LogP contribution in [0.3, 0.4) is 0 Å². The number of thiazole rings is 1. The van der Waals surface area contributed by atoms with E-state index in [-0.39, 0.29) is 10.6 Å². The zero-order valence-corrected chi connectivity index (χ0v) is 11.3. The van der Waals surface area contributed by atoms with Crippen molar-refractivity contribution in [3.8, 4) is 0 Å². The largest absolute Gasteiger partial charge is 0.270 e. The van der Waals surface area contributed by atoms with Gasteiger partial charge in [0, 0.05) is 12.1 Å². The monoisotopic (exact) mass is 288 g/mol. The van der Waals surface area contributed by atoms with Crippen molar-refractivity contribution in [3.05, 3.63) is 55.7 Å². The fraction of sp³-hybridized carbons (Fsp3) is 0. The first-order valence-electron chi connectivity index (χ1n) is 5.48. The van der Waals surface area contributed by atoms with Gasteiger partial charge in [-0.1, -0.05) is 6.08 Å². The number of benzene rings is 1. The third-order valence-electron chi connectivity index (χ3n) is 2.56. The second-order valence-electron chi connectivity index (χ2n) is 3.85. The second kappa shape index (κ2) is 4.91. The molecule has 2 heterocycles. The molecule has 1 aromatic carbocycles. The summed E-state index contributed by atoms with van der Waals surface area (Å²) in [5.41, 5.74) is 2.03. The van der Waals surface area contributed by atoms with Gasteiger partial charge in [0.25, 0.3) is 5.69 Å². The molecule has 0 spiro atoms. The number of hydrogen-bond donors (Lipinski definition) is 0. The van der Waals surface area contributed by atoms with E-state index in [4.69, 9.17) is 0 Å². The van der Waals surface area contributed by atoms with E-state index in [1.54, 1.807) is 23.5 Å². The van der Waals surface area contributed by atoms with Crippen LogP contribution in [0.1, 0.15) is 10.6 Å².